The Labute approximate surface area is 165 Å². The third-order valence-corrected chi connectivity index (χ3v) is 5.38. The molecule has 0 aliphatic heterocycles. The van der Waals surface area contributed by atoms with E-state index < -0.39 is 29.1 Å². The van der Waals surface area contributed by atoms with Gasteiger partial charge in [-0.25, -0.2) is 18.2 Å². The van der Waals surface area contributed by atoms with E-state index in [1.54, 1.807) is 18.2 Å². The minimum atomic E-state index is -3.79. The average Bonchev–Trinajstić information content (AvgIpc) is 3.09. The van der Waals surface area contributed by atoms with Crippen LogP contribution in [0.5, 0.6) is 0 Å². The number of fused-ring (bicyclic) bond motifs is 1. The molecular weight excluding hydrogens is 404 g/mol. The highest BCUT2D eigenvalue weighted by Crippen LogP contribution is 2.23. The number of alkyl halides is 2. The summed E-state index contributed by atoms with van der Waals surface area (Å²) in [6.07, 6.45) is 5.02. The summed E-state index contributed by atoms with van der Waals surface area (Å²) in [6.45, 7) is -3.49. The molecule has 1 heterocycles. The predicted octanol–water partition coefficient (Wildman–Crippen LogP) is 2.70. The maximum absolute atomic E-state index is 13.4. The maximum atomic E-state index is 13.4. The number of carbonyl (C=O) groups is 1. The molecule has 0 aliphatic carbocycles. The summed E-state index contributed by atoms with van der Waals surface area (Å²) in [6, 6.07) is 11.3. The number of aromatic nitrogens is 2. The predicted molar refractivity (Wildman–Crippen MR) is 101 cm³/mol. The van der Waals surface area contributed by atoms with Crippen LogP contribution in [0.3, 0.4) is 0 Å². The minimum Gasteiger partial charge on any atom is -0.454 e. The molecule has 0 amide bonds. The molecule has 0 bridgehead atoms. The first-order valence-corrected chi connectivity index (χ1v) is 9.76. The van der Waals surface area contributed by atoms with Gasteiger partial charge in [-0.1, -0.05) is 18.1 Å². The molecule has 3 rings (SSSR count). The van der Waals surface area contributed by atoms with E-state index in [4.69, 9.17) is 11.2 Å². The standard InChI is InChI=1S/C19H15F2N3O4S/c1-2-11-22-29(26,27)14-9-7-13(8-10-14)18(25)28-12-17-23-15-5-3-4-6-16(15)24(17)19(20)21/h1,3-10,19,22H,11-12H2. The smallest absolute Gasteiger partial charge is 0.338 e. The highest BCUT2D eigenvalue weighted by Gasteiger charge is 2.19. The Morgan fingerprint density at radius 2 is 1.90 bits per heavy atom. The lowest BCUT2D eigenvalue weighted by Crippen LogP contribution is -2.23. The molecule has 2 aromatic carbocycles. The number of ether oxygens (including phenoxy) is 1. The summed E-state index contributed by atoms with van der Waals surface area (Å²) in [4.78, 5) is 16.2. The lowest BCUT2D eigenvalue weighted by atomic mass is 10.2. The number of hydrogen-bond donors (Lipinski definition) is 1. The van der Waals surface area contributed by atoms with Crippen molar-refractivity contribution >= 4 is 27.0 Å². The van der Waals surface area contributed by atoms with Gasteiger partial charge < -0.3 is 4.74 Å². The van der Waals surface area contributed by atoms with Gasteiger partial charge >= 0.3 is 12.5 Å². The van der Waals surface area contributed by atoms with Gasteiger partial charge in [0.2, 0.25) is 10.0 Å². The molecule has 3 aromatic rings. The monoisotopic (exact) mass is 419 g/mol. The number of rotatable bonds is 7. The Kier molecular flexibility index (Phi) is 5.91. The van der Waals surface area contributed by atoms with Gasteiger partial charge in [-0.2, -0.15) is 13.5 Å². The summed E-state index contributed by atoms with van der Waals surface area (Å²) in [5, 5.41) is 0. The molecule has 1 aromatic heterocycles. The molecule has 0 atom stereocenters. The van der Waals surface area contributed by atoms with Gasteiger partial charge in [0.15, 0.2) is 5.82 Å². The zero-order valence-corrected chi connectivity index (χ0v) is 15.7. The fourth-order valence-electron chi connectivity index (χ4n) is 2.62. The van der Waals surface area contributed by atoms with Crippen molar-refractivity contribution in [2.75, 3.05) is 6.54 Å². The summed E-state index contributed by atoms with van der Waals surface area (Å²) in [7, 11) is -3.79. The van der Waals surface area contributed by atoms with Crippen molar-refractivity contribution in [2.45, 2.75) is 18.1 Å². The van der Waals surface area contributed by atoms with Crippen molar-refractivity contribution in [1.82, 2.24) is 14.3 Å². The number of sulfonamides is 1. The van der Waals surface area contributed by atoms with E-state index >= 15 is 0 Å². The van der Waals surface area contributed by atoms with Crippen molar-refractivity contribution in [3.8, 4) is 12.3 Å². The van der Waals surface area contributed by atoms with Gasteiger partial charge in [-0.3, -0.25) is 4.57 Å². The largest absolute Gasteiger partial charge is 0.454 e. The number of para-hydroxylation sites is 2. The molecule has 29 heavy (non-hydrogen) atoms. The number of halogens is 2. The van der Waals surface area contributed by atoms with Crippen LogP contribution in [0.2, 0.25) is 0 Å². The molecule has 1 N–H and O–H groups in total. The topological polar surface area (TPSA) is 90.3 Å². The lowest BCUT2D eigenvalue weighted by Gasteiger charge is -2.09. The molecule has 10 heteroatoms. The van der Waals surface area contributed by atoms with Crippen molar-refractivity contribution in [1.29, 1.82) is 0 Å². The first-order valence-electron chi connectivity index (χ1n) is 8.28. The van der Waals surface area contributed by atoms with Gasteiger partial charge in [0.05, 0.1) is 28.0 Å². The van der Waals surface area contributed by atoms with E-state index in [0.29, 0.717) is 10.1 Å². The Morgan fingerprint density at radius 3 is 2.55 bits per heavy atom. The second kappa shape index (κ2) is 8.38. The Balaban J connectivity index is 1.74. The quantitative estimate of drug-likeness (QED) is 0.470. The van der Waals surface area contributed by atoms with E-state index in [2.05, 4.69) is 15.6 Å². The maximum Gasteiger partial charge on any atom is 0.338 e. The average molecular weight is 419 g/mol. The van der Waals surface area contributed by atoms with Crippen LogP contribution in [0.1, 0.15) is 22.7 Å². The third-order valence-electron chi connectivity index (χ3n) is 3.96. The summed E-state index contributed by atoms with van der Waals surface area (Å²) in [5.74, 6) is 1.24. The van der Waals surface area contributed by atoms with Crippen LogP contribution < -0.4 is 4.72 Å². The molecule has 0 unspecified atom stereocenters. The normalized spacial score (nSPS) is 11.5. The first kappa shape index (κ1) is 20.4. The fraction of sp³-hybridized carbons (Fsp3) is 0.158. The number of nitrogens with one attached hydrogen (secondary N) is 1. The number of nitrogens with zero attached hydrogens (tertiary/aromatic N) is 2. The second-order valence-corrected chi connectivity index (χ2v) is 7.56. The Hall–Kier alpha value is -3.29. The SMILES string of the molecule is C#CCNS(=O)(=O)c1ccc(C(=O)OCc2nc3ccccc3n2C(F)F)cc1. The zero-order chi connectivity index (χ0) is 21.0. The third kappa shape index (κ3) is 4.42. The van der Waals surface area contributed by atoms with Gasteiger partial charge in [0.1, 0.15) is 6.61 Å². The Morgan fingerprint density at radius 1 is 1.21 bits per heavy atom. The highest BCUT2D eigenvalue weighted by molar-refractivity contribution is 7.89. The van der Waals surface area contributed by atoms with E-state index in [0.717, 1.165) is 0 Å². The lowest BCUT2D eigenvalue weighted by molar-refractivity contribution is 0.0387. The van der Waals surface area contributed by atoms with Crippen molar-refractivity contribution in [3.63, 3.8) is 0 Å². The van der Waals surface area contributed by atoms with E-state index in [1.165, 1.54) is 30.3 Å². The molecule has 0 radical (unpaired) electrons. The summed E-state index contributed by atoms with van der Waals surface area (Å²) >= 11 is 0. The van der Waals surface area contributed by atoms with Gasteiger partial charge in [-0.05, 0) is 36.4 Å². The molecule has 0 saturated heterocycles. The number of imidazole rings is 1. The van der Waals surface area contributed by atoms with Gasteiger partial charge in [-0.15, -0.1) is 6.42 Å². The zero-order valence-electron chi connectivity index (χ0n) is 14.9. The second-order valence-electron chi connectivity index (χ2n) is 5.79. The van der Waals surface area contributed by atoms with Crippen LogP contribution in [0.4, 0.5) is 8.78 Å². The van der Waals surface area contributed by atoms with Crippen molar-refractivity contribution in [3.05, 3.63) is 59.9 Å². The van der Waals surface area contributed by atoms with Gasteiger partial charge in [0.25, 0.3) is 0 Å². The van der Waals surface area contributed by atoms with Crippen molar-refractivity contribution < 1.29 is 26.7 Å². The summed E-state index contributed by atoms with van der Waals surface area (Å²) in [5.41, 5.74) is 0.635. The van der Waals surface area contributed by atoms with E-state index in [9.17, 15) is 22.0 Å². The summed E-state index contributed by atoms with van der Waals surface area (Å²) < 4.78 is 58.7. The first-order chi connectivity index (χ1) is 13.8. The van der Waals surface area contributed by atoms with Crippen LogP contribution in [0.15, 0.2) is 53.4 Å². The molecular formula is C19H15F2N3O4S. The Bertz CT molecular complexity index is 1180. The van der Waals surface area contributed by atoms with Crippen LogP contribution in [0.25, 0.3) is 11.0 Å². The molecule has 150 valence electrons. The van der Waals surface area contributed by atoms with Crippen molar-refractivity contribution in [2.24, 2.45) is 0 Å². The number of carbonyl (C=O) groups excluding carboxylic acids is 1. The molecule has 0 saturated carbocycles. The minimum absolute atomic E-state index is 0.0561. The van der Waals surface area contributed by atoms with Crippen LogP contribution >= 0.6 is 0 Å². The molecule has 0 aliphatic rings. The molecule has 7 nitrogen and oxygen atoms in total. The van der Waals surface area contributed by atoms with Crippen LogP contribution in [0, 0.1) is 12.3 Å². The number of terminal acetylenes is 1. The van der Waals surface area contributed by atoms with Crippen LogP contribution in [-0.4, -0.2) is 30.5 Å². The number of hydrogen-bond acceptors (Lipinski definition) is 5. The molecule has 0 spiro atoms. The molecule has 0 fully saturated rings. The van der Waals surface area contributed by atoms with Gasteiger partial charge in [0, 0.05) is 0 Å². The van der Waals surface area contributed by atoms with E-state index in [-0.39, 0.29) is 28.3 Å². The number of benzene rings is 2. The van der Waals surface area contributed by atoms with Crippen LogP contribution in [-0.2, 0) is 21.4 Å². The highest BCUT2D eigenvalue weighted by atomic mass is 32.2. The number of esters is 1. The fourth-order valence-corrected chi connectivity index (χ4v) is 3.55. The van der Waals surface area contributed by atoms with E-state index in [1.807, 2.05) is 0 Å².